The van der Waals surface area contributed by atoms with Gasteiger partial charge >= 0.3 is 6.09 Å². The van der Waals surface area contributed by atoms with Gasteiger partial charge in [0, 0.05) is 30.2 Å². The lowest BCUT2D eigenvalue weighted by Crippen LogP contribution is -2.26. The summed E-state index contributed by atoms with van der Waals surface area (Å²) in [5.41, 5.74) is 8.15. The first-order valence-electron chi connectivity index (χ1n) is 12.5. The van der Waals surface area contributed by atoms with Gasteiger partial charge in [-0.2, -0.15) is 0 Å². The molecule has 1 amide bonds. The number of hydrogen-bond acceptors (Lipinski definition) is 7. The number of cyclic esters (lactones) is 1. The molecule has 0 aliphatic carbocycles. The smallest absolute Gasteiger partial charge is 0.414 e. The Morgan fingerprint density at radius 3 is 2.76 bits per heavy atom. The lowest BCUT2D eigenvalue weighted by atomic mass is 9.99. The van der Waals surface area contributed by atoms with Crippen LogP contribution in [0.2, 0.25) is 0 Å². The van der Waals surface area contributed by atoms with Crippen molar-refractivity contribution in [2.75, 3.05) is 44.1 Å². The van der Waals surface area contributed by atoms with Crippen molar-refractivity contribution < 1.29 is 14.3 Å². The van der Waals surface area contributed by atoms with E-state index in [4.69, 9.17) is 14.5 Å². The Labute approximate surface area is 215 Å². The summed E-state index contributed by atoms with van der Waals surface area (Å²) in [6.45, 7) is 4.93. The highest BCUT2D eigenvalue weighted by molar-refractivity contribution is 5.96. The van der Waals surface area contributed by atoms with E-state index in [1.54, 1.807) is 12.0 Å². The number of anilines is 3. The molecule has 37 heavy (non-hydrogen) atoms. The van der Waals surface area contributed by atoms with Crippen molar-refractivity contribution in [1.29, 1.82) is 0 Å². The molecule has 0 atom stereocenters. The molecule has 1 saturated heterocycles. The maximum atomic E-state index is 12.3. The molecule has 8 nitrogen and oxygen atoms in total. The number of benzene rings is 3. The molecular formula is C29H29N5O3. The van der Waals surface area contributed by atoms with Crippen molar-refractivity contribution in [3.8, 4) is 16.9 Å². The molecule has 1 aromatic heterocycles. The van der Waals surface area contributed by atoms with Crippen LogP contribution in [0.15, 0.2) is 54.7 Å². The van der Waals surface area contributed by atoms with Gasteiger partial charge in [-0.05, 0) is 67.4 Å². The van der Waals surface area contributed by atoms with Crippen LogP contribution in [-0.2, 0) is 17.7 Å². The fourth-order valence-electron chi connectivity index (χ4n) is 5.09. The maximum Gasteiger partial charge on any atom is 0.414 e. The van der Waals surface area contributed by atoms with Gasteiger partial charge in [-0.25, -0.2) is 14.8 Å². The minimum atomic E-state index is -0.315. The lowest BCUT2D eigenvalue weighted by Gasteiger charge is -2.26. The van der Waals surface area contributed by atoms with E-state index in [1.807, 2.05) is 43.5 Å². The number of carbonyl (C=O) groups excluding carboxylic acids is 1. The Morgan fingerprint density at radius 1 is 1.05 bits per heavy atom. The molecule has 1 fully saturated rings. The number of fused-ring (bicyclic) bond motifs is 2. The van der Waals surface area contributed by atoms with Gasteiger partial charge in [0.1, 0.15) is 12.4 Å². The van der Waals surface area contributed by atoms with Crippen molar-refractivity contribution in [2.24, 2.45) is 0 Å². The number of rotatable bonds is 5. The fraction of sp³-hybridized carbons (Fsp3) is 0.276. The van der Waals surface area contributed by atoms with Crippen LogP contribution in [0.25, 0.3) is 22.0 Å². The number of ether oxygens (including phenoxy) is 2. The topological polar surface area (TPSA) is 79.8 Å². The van der Waals surface area contributed by atoms with Crippen molar-refractivity contribution in [2.45, 2.75) is 19.9 Å². The molecule has 0 spiro atoms. The zero-order valence-electron chi connectivity index (χ0n) is 21.2. The van der Waals surface area contributed by atoms with E-state index in [2.05, 4.69) is 40.4 Å². The van der Waals surface area contributed by atoms with E-state index in [0.29, 0.717) is 19.1 Å². The van der Waals surface area contributed by atoms with Crippen LogP contribution in [0.1, 0.15) is 16.7 Å². The van der Waals surface area contributed by atoms with Crippen LogP contribution in [0.5, 0.6) is 5.75 Å². The van der Waals surface area contributed by atoms with E-state index in [9.17, 15) is 4.79 Å². The quantitative estimate of drug-likeness (QED) is 0.402. The Hall–Kier alpha value is -4.17. The summed E-state index contributed by atoms with van der Waals surface area (Å²) in [4.78, 5) is 25.7. The van der Waals surface area contributed by atoms with Crippen LogP contribution < -0.4 is 15.0 Å². The van der Waals surface area contributed by atoms with Gasteiger partial charge in [-0.3, -0.25) is 4.90 Å². The van der Waals surface area contributed by atoms with E-state index < -0.39 is 0 Å². The standard InChI is InChI=1S/C29H29N5O3/c1-18-4-7-26(34-10-11-37-29(34)35)23(12-18)20-5-6-21-16-30-28(31-24(21)13-20)32-25-14-22-17-33(2)9-8-19(22)15-27(25)36-3/h4-7,12-16H,8-11,17H2,1-3H3,(H,30,31,32). The normalized spacial score (nSPS) is 15.5. The number of aryl methyl sites for hydroxylation is 1. The van der Waals surface area contributed by atoms with Gasteiger partial charge < -0.3 is 19.7 Å². The molecule has 0 saturated carbocycles. The predicted molar refractivity (Wildman–Crippen MR) is 145 cm³/mol. The number of likely N-dealkylation sites (N-methyl/N-ethyl adjacent to an activating group) is 1. The number of aromatic nitrogens is 2. The third-order valence-corrected chi connectivity index (χ3v) is 7.07. The van der Waals surface area contributed by atoms with Gasteiger partial charge in [0.2, 0.25) is 5.95 Å². The molecule has 0 unspecified atom stereocenters. The number of methoxy groups -OCH3 is 1. The number of hydrogen-bond donors (Lipinski definition) is 1. The van der Waals surface area contributed by atoms with Gasteiger partial charge in [0.25, 0.3) is 0 Å². The summed E-state index contributed by atoms with van der Waals surface area (Å²) in [6.07, 6.45) is 2.51. The molecule has 1 N–H and O–H groups in total. The number of nitrogens with one attached hydrogen (secondary N) is 1. The largest absolute Gasteiger partial charge is 0.495 e. The van der Waals surface area contributed by atoms with Gasteiger partial charge in [-0.1, -0.05) is 23.8 Å². The average molecular weight is 496 g/mol. The molecule has 3 aromatic carbocycles. The van der Waals surface area contributed by atoms with Crippen molar-refractivity contribution >= 4 is 34.3 Å². The molecule has 4 aromatic rings. The molecule has 0 bridgehead atoms. The summed E-state index contributed by atoms with van der Waals surface area (Å²) in [5.74, 6) is 1.28. The summed E-state index contributed by atoms with van der Waals surface area (Å²) in [7, 11) is 3.82. The SMILES string of the molecule is COc1cc2c(cc1Nc1ncc3ccc(-c4cc(C)ccc4N4CCOC4=O)cc3n1)CN(C)CC2. The van der Waals surface area contributed by atoms with Crippen LogP contribution in [0, 0.1) is 6.92 Å². The molecule has 2 aliphatic heterocycles. The van der Waals surface area contributed by atoms with E-state index in [-0.39, 0.29) is 6.09 Å². The Balaban J connectivity index is 1.37. The fourth-order valence-corrected chi connectivity index (χ4v) is 5.09. The Bertz CT molecular complexity index is 1520. The van der Waals surface area contributed by atoms with Crippen molar-refractivity contribution in [3.05, 3.63) is 71.4 Å². The molecular weight excluding hydrogens is 466 g/mol. The minimum absolute atomic E-state index is 0.315. The summed E-state index contributed by atoms with van der Waals surface area (Å²) >= 11 is 0. The summed E-state index contributed by atoms with van der Waals surface area (Å²) in [5, 5.41) is 4.31. The molecule has 8 heteroatoms. The third kappa shape index (κ3) is 4.44. The first kappa shape index (κ1) is 23.2. The van der Waals surface area contributed by atoms with Gasteiger partial charge in [0.05, 0.1) is 30.5 Å². The Morgan fingerprint density at radius 2 is 1.95 bits per heavy atom. The van der Waals surface area contributed by atoms with E-state index in [0.717, 1.165) is 64.2 Å². The lowest BCUT2D eigenvalue weighted by molar-refractivity contribution is 0.181. The maximum absolute atomic E-state index is 12.3. The summed E-state index contributed by atoms with van der Waals surface area (Å²) < 4.78 is 10.9. The van der Waals surface area contributed by atoms with Crippen LogP contribution in [-0.4, -0.2) is 54.8 Å². The highest BCUT2D eigenvalue weighted by Gasteiger charge is 2.26. The zero-order valence-corrected chi connectivity index (χ0v) is 21.2. The van der Waals surface area contributed by atoms with Gasteiger partial charge in [-0.15, -0.1) is 0 Å². The van der Waals surface area contributed by atoms with Crippen LogP contribution >= 0.6 is 0 Å². The number of carbonyl (C=O) groups is 1. The van der Waals surface area contributed by atoms with E-state index in [1.165, 1.54) is 11.1 Å². The first-order chi connectivity index (χ1) is 18.0. The predicted octanol–water partition coefficient (Wildman–Crippen LogP) is 5.30. The van der Waals surface area contributed by atoms with Gasteiger partial charge in [0.15, 0.2) is 0 Å². The van der Waals surface area contributed by atoms with Crippen molar-refractivity contribution in [1.82, 2.24) is 14.9 Å². The van der Waals surface area contributed by atoms with Crippen molar-refractivity contribution in [3.63, 3.8) is 0 Å². The molecule has 2 aliphatic rings. The third-order valence-electron chi connectivity index (χ3n) is 7.07. The molecule has 0 radical (unpaired) electrons. The zero-order chi connectivity index (χ0) is 25.5. The average Bonchev–Trinajstić information content (AvgIpc) is 3.33. The molecule has 188 valence electrons. The minimum Gasteiger partial charge on any atom is -0.495 e. The van der Waals surface area contributed by atoms with Crippen LogP contribution in [0.3, 0.4) is 0 Å². The Kier molecular flexibility index (Phi) is 5.88. The second-order valence-electron chi connectivity index (χ2n) is 9.69. The number of nitrogens with zero attached hydrogens (tertiary/aromatic N) is 4. The second kappa shape index (κ2) is 9.37. The van der Waals surface area contributed by atoms with E-state index >= 15 is 0 Å². The molecule has 3 heterocycles. The first-order valence-corrected chi connectivity index (χ1v) is 12.5. The number of amides is 1. The highest BCUT2D eigenvalue weighted by atomic mass is 16.6. The highest BCUT2D eigenvalue weighted by Crippen LogP contribution is 2.36. The second-order valence-corrected chi connectivity index (χ2v) is 9.69. The summed E-state index contributed by atoms with van der Waals surface area (Å²) in [6, 6.07) is 16.4. The van der Waals surface area contributed by atoms with Crippen LogP contribution in [0.4, 0.5) is 22.1 Å². The monoisotopic (exact) mass is 495 g/mol. The molecule has 6 rings (SSSR count).